The summed E-state index contributed by atoms with van der Waals surface area (Å²) in [5, 5.41) is 0. The molecule has 3 nitrogen and oxygen atoms in total. The van der Waals surface area contributed by atoms with E-state index in [-0.39, 0.29) is 17.7 Å². The summed E-state index contributed by atoms with van der Waals surface area (Å²) in [7, 11) is 0. The second kappa shape index (κ2) is 13.3. The maximum atomic E-state index is 11.6. The second-order valence-corrected chi connectivity index (χ2v) is 5.16. The lowest BCUT2D eigenvalue weighted by Gasteiger charge is -2.20. The first-order valence-electron chi connectivity index (χ1n) is 8.50. The molecule has 1 aliphatic rings. The van der Waals surface area contributed by atoms with Gasteiger partial charge >= 0.3 is 0 Å². The largest absolute Gasteiger partial charge is 0.333 e. The van der Waals surface area contributed by atoms with Gasteiger partial charge in [0.2, 0.25) is 5.91 Å². The SMILES string of the molecule is C=CCC(C=C)CC1C[C@@H](C(C)=O)N(C(C)=O)C1.CC.CC. The molecule has 0 aromatic carbocycles. The van der Waals surface area contributed by atoms with Gasteiger partial charge in [0.1, 0.15) is 0 Å². The van der Waals surface area contributed by atoms with Crippen LogP contribution < -0.4 is 0 Å². The lowest BCUT2D eigenvalue weighted by Crippen LogP contribution is -2.38. The van der Waals surface area contributed by atoms with E-state index in [9.17, 15) is 9.59 Å². The van der Waals surface area contributed by atoms with Crippen LogP contribution in [0.1, 0.15) is 60.8 Å². The van der Waals surface area contributed by atoms with Gasteiger partial charge in [-0.15, -0.1) is 13.2 Å². The predicted molar refractivity (Wildman–Crippen MR) is 95.8 cm³/mol. The predicted octanol–water partition coefficient (Wildman–Crippen LogP) is 4.63. The zero-order valence-corrected chi connectivity index (χ0v) is 15.4. The van der Waals surface area contributed by atoms with Crippen molar-refractivity contribution in [3.8, 4) is 0 Å². The quantitative estimate of drug-likeness (QED) is 0.671. The van der Waals surface area contributed by atoms with Gasteiger partial charge in [0.25, 0.3) is 0 Å². The highest BCUT2D eigenvalue weighted by Crippen LogP contribution is 2.30. The van der Waals surface area contributed by atoms with Gasteiger partial charge in [-0.1, -0.05) is 39.8 Å². The third-order valence-electron chi connectivity index (χ3n) is 3.70. The van der Waals surface area contributed by atoms with E-state index in [4.69, 9.17) is 0 Å². The van der Waals surface area contributed by atoms with Gasteiger partial charge in [-0.3, -0.25) is 9.59 Å². The molecule has 1 fully saturated rings. The Labute approximate surface area is 137 Å². The average molecular weight is 309 g/mol. The number of carbonyl (C=O) groups excluding carboxylic acids is 2. The summed E-state index contributed by atoms with van der Waals surface area (Å²) < 4.78 is 0. The third-order valence-corrected chi connectivity index (χ3v) is 3.70. The van der Waals surface area contributed by atoms with Crippen molar-refractivity contribution in [3.63, 3.8) is 0 Å². The molecule has 3 heteroatoms. The highest BCUT2D eigenvalue weighted by atomic mass is 16.2. The summed E-state index contributed by atoms with van der Waals surface area (Å²) >= 11 is 0. The zero-order chi connectivity index (χ0) is 17.7. The molecule has 0 aromatic rings. The van der Waals surface area contributed by atoms with Crippen molar-refractivity contribution in [3.05, 3.63) is 25.3 Å². The van der Waals surface area contributed by atoms with Gasteiger partial charge in [-0.2, -0.15) is 0 Å². The Hall–Kier alpha value is -1.38. The van der Waals surface area contributed by atoms with Crippen LogP contribution >= 0.6 is 0 Å². The van der Waals surface area contributed by atoms with Gasteiger partial charge in [-0.05, 0) is 38.0 Å². The molecule has 1 heterocycles. The number of allylic oxidation sites excluding steroid dienone is 2. The Bertz CT molecular complexity index is 327. The van der Waals surface area contributed by atoms with E-state index in [1.54, 1.807) is 11.8 Å². The summed E-state index contributed by atoms with van der Waals surface area (Å²) in [5.74, 6) is 0.876. The molecule has 0 N–H and O–H groups in total. The summed E-state index contributed by atoms with van der Waals surface area (Å²) in [6.07, 6.45) is 6.51. The third kappa shape index (κ3) is 7.58. The molecule has 1 aliphatic heterocycles. The summed E-state index contributed by atoms with van der Waals surface area (Å²) in [6.45, 7) is 19.4. The number of ketones is 1. The number of likely N-dealkylation sites (tertiary alicyclic amines) is 1. The molecule has 22 heavy (non-hydrogen) atoms. The van der Waals surface area contributed by atoms with Gasteiger partial charge in [0, 0.05) is 13.5 Å². The van der Waals surface area contributed by atoms with Crippen molar-refractivity contribution in [1.29, 1.82) is 0 Å². The molecule has 2 unspecified atom stereocenters. The molecule has 0 spiro atoms. The highest BCUT2D eigenvalue weighted by Gasteiger charge is 2.36. The van der Waals surface area contributed by atoms with Crippen LogP contribution in [0.4, 0.5) is 0 Å². The van der Waals surface area contributed by atoms with E-state index in [1.165, 1.54) is 6.92 Å². The molecular formula is C19H35NO2. The number of Topliss-reactive ketones (excluding diaryl/α,β-unsaturated/α-hetero) is 1. The summed E-state index contributed by atoms with van der Waals surface area (Å²) in [4.78, 5) is 24.8. The van der Waals surface area contributed by atoms with Gasteiger partial charge in [-0.25, -0.2) is 0 Å². The van der Waals surface area contributed by atoms with Crippen molar-refractivity contribution in [2.24, 2.45) is 11.8 Å². The van der Waals surface area contributed by atoms with Crippen LogP contribution in [0.5, 0.6) is 0 Å². The number of nitrogens with zero attached hydrogens (tertiary/aromatic N) is 1. The molecule has 0 radical (unpaired) electrons. The second-order valence-electron chi connectivity index (χ2n) is 5.16. The van der Waals surface area contributed by atoms with Crippen molar-refractivity contribution >= 4 is 11.7 Å². The van der Waals surface area contributed by atoms with Crippen molar-refractivity contribution < 1.29 is 9.59 Å². The molecule has 1 saturated heterocycles. The normalized spacial score (nSPS) is 20.7. The number of hydrogen-bond donors (Lipinski definition) is 0. The number of rotatable bonds is 6. The van der Waals surface area contributed by atoms with Crippen LogP contribution in [-0.4, -0.2) is 29.2 Å². The fourth-order valence-electron chi connectivity index (χ4n) is 2.76. The van der Waals surface area contributed by atoms with Crippen molar-refractivity contribution in [1.82, 2.24) is 4.90 Å². The van der Waals surface area contributed by atoms with Crippen LogP contribution in [0.2, 0.25) is 0 Å². The first kappa shape index (κ1) is 22.9. The van der Waals surface area contributed by atoms with Crippen LogP contribution in [0.3, 0.4) is 0 Å². The standard InChI is InChI=1S/C15H23NO2.2C2H6/c1-5-7-13(6-2)8-14-9-15(11(3)17)16(10-14)12(4)18;2*1-2/h5-6,13-15H,1-2,7-10H2,3-4H3;2*1-2H3/t13?,14?,15-;;/m0../s1. The average Bonchev–Trinajstić information content (AvgIpc) is 2.95. The lowest BCUT2D eigenvalue weighted by molar-refractivity contribution is -0.135. The Morgan fingerprint density at radius 3 is 2.05 bits per heavy atom. The zero-order valence-electron chi connectivity index (χ0n) is 15.4. The maximum absolute atomic E-state index is 11.6. The number of carbonyl (C=O) groups is 2. The molecular weight excluding hydrogens is 274 g/mol. The van der Waals surface area contributed by atoms with Gasteiger partial charge in [0.15, 0.2) is 5.78 Å². The molecule has 128 valence electrons. The molecule has 0 aliphatic carbocycles. The minimum atomic E-state index is -0.221. The Balaban J connectivity index is 0. The van der Waals surface area contributed by atoms with Crippen LogP contribution in [-0.2, 0) is 9.59 Å². The smallest absolute Gasteiger partial charge is 0.220 e. The fourth-order valence-corrected chi connectivity index (χ4v) is 2.76. The van der Waals surface area contributed by atoms with Gasteiger partial charge in [0.05, 0.1) is 6.04 Å². The minimum Gasteiger partial charge on any atom is -0.333 e. The summed E-state index contributed by atoms with van der Waals surface area (Å²) in [5.41, 5.74) is 0. The van der Waals surface area contributed by atoms with Crippen LogP contribution in [0.15, 0.2) is 25.3 Å². The molecule has 0 aromatic heterocycles. The Morgan fingerprint density at radius 2 is 1.73 bits per heavy atom. The van der Waals surface area contributed by atoms with E-state index in [0.717, 1.165) is 19.3 Å². The molecule has 1 rings (SSSR count). The molecule has 3 atom stereocenters. The minimum absolute atomic E-state index is 0.00317. The number of amides is 1. The first-order valence-corrected chi connectivity index (χ1v) is 8.50. The van der Waals surface area contributed by atoms with Crippen molar-refractivity contribution in [2.45, 2.75) is 66.8 Å². The molecule has 0 bridgehead atoms. The number of hydrogen-bond acceptors (Lipinski definition) is 2. The lowest BCUT2D eigenvalue weighted by atomic mass is 9.90. The van der Waals surface area contributed by atoms with Crippen molar-refractivity contribution in [2.75, 3.05) is 6.54 Å². The fraction of sp³-hybridized carbons (Fsp3) is 0.684. The van der Waals surface area contributed by atoms with E-state index < -0.39 is 0 Å². The van der Waals surface area contributed by atoms with E-state index in [2.05, 4.69) is 13.2 Å². The van der Waals surface area contributed by atoms with E-state index in [0.29, 0.717) is 18.4 Å². The molecule has 0 saturated carbocycles. The monoisotopic (exact) mass is 309 g/mol. The van der Waals surface area contributed by atoms with Gasteiger partial charge < -0.3 is 4.90 Å². The topological polar surface area (TPSA) is 37.4 Å². The Kier molecular flexibility index (Phi) is 13.8. The maximum Gasteiger partial charge on any atom is 0.220 e. The van der Waals surface area contributed by atoms with E-state index in [1.807, 2.05) is 39.8 Å². The van der Waals surface area contributed by atoms with E-state index >= 15 is 0 Å². The Morgan fingerprint density at radius 1 is 1.18 bits per heavy atom. The summed E-state index contributed by atoms with van der Waals surface area (Å²) in [6, 6.07) is -0.221. The molecule has 1 amide bonds. The van der Waals surface area contributed by atoms with Crippen LogP contribution in [0, 0.1) is 11.8 Å². The van der Waals surface area contributed by atoms with Crippen LogP contribution in [0.25, 0.3) is 0 Å². The first-order chi connectivity index (χ1) is 10.5. The highest BCUT2D eigenvalue weighted by molar-refractivity contribution is 5.87.